The van der Waals surface area contributed by atoms with Gasteiger partial charge in [0.25, 0.3) is 0 Å². The Balaban J connectivity index is 1.89. The second-order valence-electron chi connectivity index (χ2n) is 4.45. The minimum atomic E-state index is -0.109. The average Bonchev–Trinajstić information content (AvgIpc) is 3.05. The molecule has 1 atom stereocenters. The number of rotatable bonds is 2. The molecule has 1 aliphatic carbocycles. The number of esters is 1. The van der Waals surface area contributed by atoms with Crippen LogP contribution in [0.4, 0.5) is 0 Å². The molecule has 1 unspecified atom stereocenters. The number of aromatic nitrogens is 1. The maximum Gasteiger partial charge on any atom is 0.309 e. The second-order valence-corrected chi connectivity index (χ2v) is 5.34. The number of carbonyl (C=O) groups excluding carboxylic acids is 1. The van der Waals surface area contributed by atoms with Gasteiger partial charge in [0.15, 0.2) is 0 Å². The summed E-state index contributed by atoms with van der Waals surface area (Å²) < 4.78 is 4.82. The maximum absolute atomic E-state index is 11.6. The Morgan fingerprint density at radius 3 is 2.94 bits per heavy atom. The van der Waals surface area contributed by atoms with Gasteiger partial charge in [-0.3, -0.25) is 4.79 Å². The molecular weight excluding hydrogens is 246 g/mol. The molecule has 18 heavy (non-hydrogen) atoms. The molecular formula is C14H13NO2S. The summed E-state index contributed by atoms with van der Waals surface area (Å²) in [5, 5.41) is 3.00. The van der Waals surface area contributed by atoms with Gasteiger partial charge in [-0.15, -0.1) is 11.3 Å². The Morgan fingerprint density at radius 2 is 2.22 bits per heavy atom. The number of fused-ring (bicyclic) bond motifs is 1. The summed E-state index contributed by atoms with van der Waals surface area (Å²) in [4.78, 5) is 15.9. The van der Waals surface area contributed by atoms with Gasteiger partial charge in [-0.1, -0.05) is 12.1 Å². The van der Waals surface area contributed by atoms with Crippen LogP contribution in [-0.4, -0.2) is 18.1 Å². The van der Waals surface area contributed by atoms with Crippen LogP contribution in [0.5, 0.6) is 0 Å². The van der Waals surface area contributed by atoms with Crippen LogP contribution in [0.2, 0.25) is 0 Å². The van der Waals surface area contributed by atoms with Crippen molar-refractivity contribution in [2.24, 2.45) is 5.92 Å². The van der Waals surface area contributed by atoms with Crippen LogP contribution < -0.4 is 0 Å². The van der Waals surface area contributed by atoms with Gasteiger partial charge >= 0.3 is 5.97 Å². The van der Waals surface area contributed by atoms with E-state index in [0.29, 0.717) is 0 Å². The van der Waals surface area contributed by atoms with Crippen molar-refractivity contribution in [3.8, 4) is 10.6 Å². The lowest BCUT2D eigenvalue weighted by Gasteiger charge is -2.04. The number of methoxy groups -OCH3 is 1. The Labute approximate surface area is 109 Å². The summed E-state index contributed by atoms with van der Waals surface area (Å²) in [5.41, 5.74) is 3.64. The molecule has 1 aromatic carbocycles. The number of hydrogen-bond donors (Lipinski definition) is 0. The number of carbonyl (C=O) groups is 1. The smallest absolute Gasteiger partial charge is 0.309 e. The van der Waals surface area contributed by atoms with Crippen molar-refractivity contribution >= 4 is 17.3 Å². The Bertz CT molecular complexity index is 577. The van der Waals surface area contributed by atoms with Crippen LogP contribution in [0.3, 0.4) is 0 Å². The van der Waals surface area contributed by atoms with Gasteiger partial charge in [0.2, 0.25) is 0 Å². The van der Waals surface area contributed by atoms with Gasteiger partial charge in [0.05, 0.1) is 13.0 Å². The number of benzene rings is 1. The lowest BCUT2D eigenvalue weighted by molar-refractivity contribution is -0.145. The highest BCUT2D eigenvalue weighted by Gasteiger charge is 2.28. The third-order valence-electron chi connectivity index (χ3n) is 3.35. The zero-order valence-corrected chi connectivity index (χ0v) is 10.9. The largest absolute Gasteiger partial charge is 0.469 e. The second kappa shape index (κ2) is 4.53. The van der Waals surface area contributed by atoms with Crippen LogP contribution in [0.25, 0.3) is 10.6 Å². The monoisotopic (exact) mass is 259 g/mol. The Hall–Kier alpha value is -1.68. The fourth-order valence-corrected chi connectivity index (χ4v) is 3.09. The molecule has 1 aromatic heterocycles. The molecule has 0 radical (unpaired) electrons. The highest BCUT2D eigenvalue weighted by atomic mass is 32.1. The SMILES string of the molecule is COC(=O)C1Cc2ccc(-c3nccs3)cc2C1. The molecule has 0 N–H and O–H groups in total. The lowest BCUT2D eigenvalue weighted by Crippen LogP contribution is -2.15. The lowest BCUT2D eigenvalue weighted by atomic mass is 10.1. The summed E-state index contributed by atoms with van der Waals surface area (Å²) in [6.07, 6.45) is 3.38. The zero-order chi connectivity index (χ0) is 12.5. The molecule has 0 fully saturated rings. The summed E-state index contributed by atoms with van der Waals surface area (Å²) in [5.74, 6) is -0.126. The van der Waals surface area contributed by atoms with Crippen molar-refractivity contribution in [3.63, 3.8) is 0 Å². The van der Waals surface area contributed by atoms with Crippen LogP contribution in [-0.2, 0) is 22.4 Å². The molecule has 0 spiro atoms. The van der Waals surface area contributed by atoms with E-state index in [2.05, 4.69) is 23.2 Å². The van der Waals surface area contributed by atoms with E-state index in [0.717, 1.165) is 23.4 Å². The normalized spacial score (nSPS) is 17.5. The third kappa shape index (κ3) is 1.93. The number of thiazole rings is 1. The molecule has 3 rings (SSSR count). The molecule has 0 saturated heterocycles. The Kier molecular flexibility index (Phi) is 2.88. The van der Waals surface area contributed by atoms with E-state index >= 15 is 0 Å². The minimum absolute atomic E-state index is 0.0171. The number of nitrogens with zero attached hydrogens (tertiary/aromatic N) is 1. The zero-order valence-electron chi connectivity index (χ0n) is 10.1. The first-order valence-electron chi connectivity index (χ1n) is 5.87. The first-order valence-corrected chi connectivity index (χ1v) is 6.75. The summed E-state index contributed by atoms with van der Waals surface area (Å²) in [6.45, 7) is 0. The number of hydrogen-bond acceptors (Lipinski definition) is 4. The van der Waals surface area contributed by atoms with Gasteiger partial charge < -0.3 is 4.74 Å². The van der Waals surface area contributed by atoms with Gasteiger partial charge in [0.1, 0.15) is 5.01 Å². The predicted molar refractivity (Wildman–Crippen MR) is 70.5 cm³/mol. The van der Waals surface area contributed by atoms with E-state index in [1.54, 1.807) is 11.3 Å². The molecule has 3 nitrogen and oxygen atoms in total. The van der Waals surface area contributed by atoms with E-state index < -0.39 is 0 Å². The molecule has 1 heterocycles. The van der Waals surface area contributed by atoms with Gasteiger partial charge in [-0.25, -0.2) is 4.98 Å². The molecule has 1 aliphatic rings. The summed E-state index contributed by atoms with van der Waals surface area (Å²) in [6, 6.07) is 6.34. The van der Waals surface area contributed by atoms with E-state index in [9.17, 15) is 4.79 Å². The van der Waals surface area contributed by atoms with E-state index in [-0.39, 0.29) is 11.9 Å². The van der Waals surface area contributed by atoms with Gasteiger partial charge in [0, 0.05) is 17.1 Å². The first-order chi connectivity index (χ1) is 8.78. The minimum Gasteiger partial charge on any atom is -0.469 e. The predicted octanol–water partition coefficient (Wildman–Crippen LogP) is 2.70. The van der Waals surface area contributed by atoms with E-state index in [4.69, 9.17) is 4.74 Å². The summed E-state index contributed by atoms with van der Waals surface area (Å²) >= 11 is 1.63. The van der Waals surface area contributed by atoms with Crippen molar-refractivity contribution in [3.05, 3.63) is 40.9 Å². The standard InChI is InChI=1S/C14H13NO2S/c1-17-14(16)12-6-9-2-3-10(7-11(9)8-12)13-15-4-5-18-13/h2-5,7,12H,6,8H2,1H3. The quantitative estimate of drug-likeness (QED) is 0.778. The summed E-state index contributed by atoms with van der Waals surface area (Å²) in [7, 11) is 1.45. The van der Waals surface area contributed by atoms with Crippen molar-refractivity contribution in [1.82, 2.24) is 4.98 Å². The van der Waals surface area contributed by atoms with Crippen LogP contribution in [0.15, 0.2) is 29.8 Å². The molecule has 0 aliphatic heterocycles. The maximum atomic E-state index is 11.6. The van der Waals surface area contributed by atoms with E-state index in [1.165, 1.54) is 18.2 Å². The third-order valence-corrected chi connectivity index (χ3v) is 4.17. The molecule has 92 valence electrons. The van der Waals surface area contributed by atoms with Crippen LogP contribution in [0.1, 0.15) is 11.1 Å². The molecule has 0 bridgehead atoms. The fourth-order valence-electron chi connectivity index (χ4n) is 2.45. The van der Waals surface area contributed by atoms with Gasteiger partial charge in [-0.05, 0) is 30.0 Å². The first kappa shape index (κ1) is 11.4. The van der Waals surface area contributed by atoms with Crippen LogP contribution in [0, 0.1) is 5.92 Å². The van der Waals surface area contributed by atoms with Gasteiger partial charge in [-0.2, -0.15) is 0 Å². The average molecular weight is 259 g/mol. The van der Waals surface area contributed by atoms with Crippen molar-refractivity contribution < 1.29 is 9.53 Å². The molecule has 0 saturated carbocycles. The van der Waals surface area contributed by atoms with Crippen molar-refractivity contribution in [2.45, 2.75) is 12.8 Å². The Morgan fingerprint density at radius 1 is 1.39 bits per heavy atom. The molecule has 2 aromatic rings. The topological polar surface area (TPSA) is 39.2 Å². The highest BCUT2D eigenvalue weighted by molar-refractivity contribution is 7.13. The fraction of sp³-hybridized carbons (Fsp3) is 0.286. The van der Waals surface area contributed by atoms with Crippen molar-refractivity contribution in [2.75, 3.05) is 7.11 Å². The molecule has 0 amide bonds. The van der Waals surface area contributed by atoms with Crippen molar-refractivity contribution in [1.29, 1.82) is 0 Å². The van der Waals surface area contributed by atoms with E-state index in [1.807, 2.05) is 11.6 Å². The highest BCUT2D eigenvalue weighted by Crippen LogP contribution is 2.32. The number of ether oxygens (including phenoxy) is 1. The molecule has 4 heteroatoms. The van der Waals surface area contributed by atoms with Crippen LogP contribution >= 0.6 is 11.3 Å².